The molecule has 0 spiro atoms. The van der Waals surface area contributed by atoms with Crippen molar-refractivity contribution in [1.29, 1.82) is 0 Å². The molecule has 0 saturated heterocycles. The van der Waals surface area contributed by atoms with Gasteiger partial charge in [-0.25, -0.2) is 0 Å². The first-order valence-electron chi connectivity index (χ1n) is 2.81. The molecule has 0 N–H and O–H groups in total. The zero-order chi connectivity index (χ0) is 7.98. The smallest absolute Gasteiger partial charge is 0.305 e. The molecule has 0 amide bonds. The number of ether oxygens (including phenoxy) is 1. The summed E-state index contributed by atoms with van der Waals surface area (Å²) in [5.74, 6) is -0.361. The third-order valence-electron chi connectivity index (χ3n) is 0.939. The molecule has 1 atom stereocenters. The van der Waals surface area contributed by atoms with E-state index in [1.165, 1.54) is 7.11 Å². The van der Waals surface area contributed by atoms with E-state index < -0.39 is 0 Å². The van der Waals surface area contributed by atoms with Gasteiger partial charge in [0.05, 0.1) is 13.5 Å². The molecular weight excluding hydrogens is 134 g/mol. The van der Waals surface area contributed by atoms with Crippen molar-refractivity contribution in [3.8, 4) is 0 Å². The topological polar surface area (TPSA) is 75.1 Å². The maximum atomic E-state index is 10.5. The molecule has 0 heterocycles. The van der Waals surface area contributed by atoms with Crippen LogP contribution in [0.15, 0.2) is 5.11 Å². The third kappa shape index (κ3) is 3.74. The van der Waals surface area contributed by atoms with Crippen molar-refractivity contribution in [2.45, 2.75) is 19.4 Å². The minimum atomic E-state index is -0.361. The lowest BCUT2D eigenvalue weighted by molar-refractivity contribution is -0.140. The van der Waals surface area contributed by atoms with Gasteiger partial charge in [0.15, 0.2) is 0 Å². The Balaban J connectivity index is 3.67. The highest BCUT2D eigenvalue weighted by Gasteiger charge is 2.05. The van der Waals surface area contributed by atoms with Gasteiger partial charge in [-0.15, -0.1) is 0 Å². The zero-order valence-corrected chi connectivity index (χ0v) is 5.94. The Labute approximate surface area is 58.6 Å². The van der Waals surface area contributed by atoms with Crippen LogP contribution in [0.3, 0.4) is 0 Å². The van der Waals surface area contributed by atoms with E-state index >= 15 is 0 Å². The van der Waals surface area contributed by atoms with Gasteiger partial charge in [0.2, 0.25) is 0 Å². The molecular formula is C5H9N3O2. The van der Waals surface area contributed by atoms with Crippen LogP contribution >= 0.6 is 0 Å². The number of methoxy groups -OCH3 is 1. The lowest BCUT2D eigenvalue weighted by Gasteiger charge is -1.99. The van der Waals surface area contributed by atoms with Crippen molar-refractivity contribution in [3.63, 3.8) is 0 Å². The van der Waals surface area contributed by atoms with E-state index in [0.29, 0.717) is 0 Å². The van der Waals surface area contributed by atoms with Gasteiger partial charge in [0, 0.05) is 11.0 Å². The molecule has 0 fully saturated rings. The second-order valence-electron chi connectivity index (χ2n) is 1.83. The summed E-state index contributed by atoms with van der Waals surface area (Å²) in [7, 11) is 1.30. The number of nitrogens with zero attached hydrogens (tertiary/aromatic N) is 3. The lowest BCUT2D eigenvalue weighted by Crippen LogP contribution is -2.08. The van der Waals surface area contributed by atoms with Crippen molar-refractivity contribution in [3.05, 3.63) is 10.4 Å². The summed E-state index contributed by atoms with van der Waals surface area (Å²) in [4.78, 5) is 13.0. The highest BCUT2D eigenvalue weighted by atomic mass is 16.5. The summed E-state index contributed by atoms with van der Waals surface area (Å²) in [5, 5.41) is 3.29. The van der Waals surface area contributed by atoms with Gasteiger partial charge in [-0.1, -0.05) is 12.0 Å². The molecule has 0 radical (unpaired) electrons. The molecule has 0 aliphatic carbocycles. The molecule has 5 heteroatoms. The third-order valence-corrected chi connectivity index (χ3v) is 0.939. The summed E-state index contributed by atoms with van der Waals surface area (Å²) < 4.78 is 4.34. The monoisotopic (exact) mass is 143 g/mol. The zero-order valence-electron chi connectivity index (χ0n) is 5.94. The van der Waals surface area contributed by atoms with Gasteiger partial charge in [-0.2, -0.15) is 0 Å². The number of hydrogen-bond acceptors (Lipinski definition) is 3. The molecule has 0 saturated carbocycles. The van der Waals surface area contributed by atoms with Crippen LogP contribution in [0.1, 0.15) is 13.3 Å². The first-order chi connectivity index (χ1) is 4.70. The van der Waals surface area contributed by atoms with E-state index in [0.717, 1.165) is 0 Å². The van der Waals surface area contributed by atoms with E-state index in [-0.39, 0.29) is 18.4 Å². The minimum absolute atomic E-state index is 0.139. The summed E-state index contributed by atoms with van der Waals surface area (Å²) >= 11 is 0. The predicted octanol–water partition coefficient (Wildman–Crippen LogP) is 1.25. The fourth-order valence-corrected chi connectivity index (χ4v) is 0.454. The van der Waals surface area contributed by atoms with Crippen LogP contribution in [-0.2, 0) is 9.53 Å². The number of azide groups is 1. The number of carbonyl (C=O) groups excluding carboxylic acids is 1. The summed E-state index contributed by atoms with van der Waals surface area (Å²) in [6.07, 6.45) is 0.139. The Morgan fingerprint density at radius 2 is 2.50 bits per heavy atom. The average molecular weight is 143 g/mol. The standard InChI is InChI=1S/C5H9N3O2/c1-4(7-8-6)3-5(9)10-2/h4H,3H2,1-2H3/t4-/m0/s1. The Morgan fingerprint density at radius 1 is 1.90 bits per heavy atom. The van der Waals surface area contributed by atoms with E-state index in [4.69, 9.17) is 5.53 Å². The normalized spacial score (nSPS) is 11.4. The molecule has 0 unspecified atom stereocenters. The molecule has 0 rings (SSSR count). The number of hydrogen-bond donors (Lipinski definition) is 0. The highest BCUT2D eigenvalue weighted by molar-refractivity contribution is 5.69. The van der Waals surface area contributed by atoms with Gasteiger partial charge >= 0.3 is 5.97 Å². The number of rotatable bonds is 3. The van der Waals surface area contributed by atoms with Crippen LogP contribution in [0.5, 0.6) is 0 Å². The fourth-order valence-electron chi connectivity index (χ4n) is 0.454. The van der Waals surface area contributed by atoms with E-state index in [1.54, 1.807) is 6.92 Å². The van der Waals surface area contributed by atoms with Crippen LogP contribution in [0.25, 0.3) is 10.4 Å². The van der Waals surface area contributed by atoms with Crippen molar-refractivity contribution in [2.75, 3.05) is 7.11 Å². The van der Waals surface area contributed by atoms with Gasteiger partial charge in [0.1, 0.15) is 0 Å². The molecule has 0 aliphatic heterocycles. The molecule has 0 aromatic heterocycles. The summed E-state index contributed by atoms with van der Waals surface area (Å²) in [6, 6.07) is -0.322. The summed E-state index contributed by atoms with van der Waals surface area (Å²) in [5.41, 5.74) is 7.93. The highest BCUT2D eigenvalue weighted by Crippen LogP contribution is 1.97. The Hall–Kier alpha value is -1.22. The van der Waals surface area contributed by atoms with E-state index in [9.17, 15) is 4.79 Å². The van der Waals surface area contributed by atoms with Crippen LogP contribution in [-0.4, -0.2) is 19.1 Å². The van der Waals surface area contributed by atoms with Crippen molar-refractivity contribution < 1.29 is 9.53 Å². The van der Waals surface area contributed by atoms with Crippen molar-refractivity contribution >= 4 is 5.97 Å². The van der Waals surface area contributed by atoms with Crippen LogP contribution in [0.2, 0.25) is 0 Å². The molecule has 56 valence electrons. The van der Waals surface area contributed by atoms with Crippen molar-refractivity contribution in [1.82, 2.24) is 0 Å². The molecule has 10 heavy (non-hydrogen) atoms. The van der Waals surface area contributed by atoms with Gasteiger partial charge in [-0.3, -0.25) is 4.79 Å². The van der Waals surface area contributed by atoms with Gasteiger partial charge in [-0.05, 0) is 5.53 Å². The molecule has 0 aliphatic rings. The Bertz CT molecular complexity index is 162. The number of carbonyl (C=O) groups is 1. The van der Waals surface area contributed by atoms with Crippen molar-refractivity contribution in [2.24, 2.45) is 5.11 Å². The molecule has 5 nitrogen and oxygen atoms in total. The lowest BCUT2D eigenvalue weighted by atomic mass is 10.2. The SMILES string of the molecule is COC(=O)C[C@H](C)N=[N+]=[N-]. The van der Waals surface area contributed by atoms with Crippen LogP contribution < -0.4 is 0 Å². The molecule has 0 aromatic carbocycles. The van der Waals surface area contributed by atoms with E-state index in [1.807, 2.05) is 0 Å². The largest absolute Gasteiger partial charge is 0.469 e. The Kier molecular flexibility index (Phi) is 4.07. The van der Waals surface area contributed by atoms with Crippen LogP contribution in [0.4, 0.5) is 0 Å². The number of esters is 1. The Morgan fingerprint density at radius 3 is 2.90 bits per heavy atom. The maximum Gasteiger partial charge on any atom is 0.305 e. The fraction of sp³-hybridized carbons (Fsp3) is 0.800. The molecule has 0 bridgehead atoms. The quantitative estimate of drug-likeness (QED) is 0.258. The molecule has 0 aromatic rings. The average Bonchev–Trinajstić information content (AvgIpc) is 1.88. The van der Waals surface area contributed by atoms with E-state index in [2.05, 4.69) is 14.8 Å². The minimum Gasteiger partial charge on any atom is -0.469 e. The van der Waals surface area contributed by atoms with Gasteiger partial charge in [0.25, 0.3) is 0 Å². The maximum absolute atomic E-state index is 10.5. The second kappa shape index (κ2) is 4.64. The first kappa shape index (κ1) is 8.78. The predicted molar refractivity (Wildman–Crippen MR) is 35.2 cm³/mol. The summed E-state index contributed by atoms with van der Waals surface area (Å²) in [6.45, 7) is 1.65. The first-order valence-corrected chi connectivity index (χ1v) is 2.81. The van der Waals surface area contributed by atoms with Gasteiger partial charge < -0.3 is 4.74 Å². The van der Waals surface area contributed by atoms with Crippen LogP contribution in [0, 0.1) is 0 Å². The second-order valence-corrected chi connectivity index (χ2v) is 1.83.